The number of carbonyl (C=O) groups excluding carboxylic acids is 1. The van der Waals surface area contributed by atoms with Crippen LogP contribution in [0, 0.1) is 0 Å². The summed E-state index contributed by atoms with van der Waals surface area (Å²) >= 11 is 0. The van der Waals surface area contributed by atoms with Gasteiger partial charge in [-0.2, -0.15) is 0 Å². The summed E-state index contributed by atoms with van der Waals surface area (Å²) in [6.07, 6.45) is 3.39. The first-order valence-corrected chi connectivity index (χ1v) is 8.14. The van der Waals surface area contributed by atoms with Gasteiger partial charge in [0.15, 0.2) is 0 Å². The first-order chi connectivity index (χ1) is 11.6. The third kappa shape index (κ3) is 3.57. The van der Waals surface area contributed by atoms with E-state index in [1.807, 2.05) is 67.6 Å². The quantitative estimate of drug-likeness (QED) is 0.697. The van der Waals surface area contributed by atoms with E-state index in [9.17, 15) is 4.79 Å². The average molecular weight is 319 g/mol. The number of hydrogen-bond acceptors (Lipinski definition) is 2. The summed E-state index contributed by atoms with van der Waals surface area (Å²) in [6, 6.07) is 19.1. The molecule has 0 fully saturated rings. The highest BCUT2D eigenvalue weighted by atomic mass is 16.6. The van der Waals surface area contributed by atoms with Gasteiger partial charge in [0.2, 0.25) is 0 Å². The molecule has 24 heavy (non-hydrogen) atoms. The van der Waals surface area contributed by atoms with Crippen LogP contribution in [0.2, 0.25) is 0 Å². The highest BCUT2D eigenvalue weighted by Gasteiger charge is 2.22. The number of nitrogens with zero attached hydrogens (tertiary/aromatic N) is 1. The molecule has 0 radical (unpaired) electrons. The van der Waals surface area contributed by atoms with Crippen LogP contribution in [0.5, 0.6) is 0 Å². The van der Waals surface area contributed by atoms with E-state index in [4.69, 9.17) is 4.74 Å². The number of carbonyl (C=O) groups is 1. The van der Waals surface area contributed by atoms with E-state index in [0.717, 1.165) is 35.5 Å². The second kappa shape index (κ2) is 7.18. The predicted octanol–water partition coefficient (Wildman–Crippen LogP) is 5.98. The van der Waals surface area contributed by atoms with Gasteiger partial charge in [-0.05, 0) is 50.1 Å². The van der Waals surface area contributed by atoms with Crippen LogP contribution in [-0.2, 0) is 4.74 Å². The highest BCUT2D eigenvalue weighted by molar-refractivity contribution is 5.96. The number of allylic oxidation sites excluding steroid dienone is 4. The molecular weight excluding hydrogens is 298 g/mol. The van der Waals surface area contributed by atoms with E-state index >= 15 is 0 Å². The van der Waals surface area contributed by atoms with E-state index in [-0.39, 0.29) is 6.09 Å². The van der Waals surface area contributed by atoms with Gasteiger partial charge in [-0.1, -0.05) is 48.0 Å². The molecule has 1 aliphatic rings. The van der Waals surface area contributed by atoms with Crippen LogP contribution in [0.15, 0.2) is 83.6 Å². The molecule has 0 heterocycles. The number of amides is 1. The Hall–Kier alpha value is -2.81. The van der Waals surface area contributed by atoms with Gasteiger partial charge in [0, 0.05) is 6.42 Å². The molecule has 2 aromatic carbocycles. The Kier molecular flexibility index (Phi) is 4.80. The summed E-state index contributed by atoms with van der Waals surface area (Å²) in [5.41, 5.74) is 3.91. The molecule has 1 amide bonds. The fraction of sp³-hybridized carbons (Fsp3) is 0.190. The van der Waals surface area contributed by atoms with Crippen LogP contribution in [0.3, 0.4) is 0 Å². The Bertz CT molecular complexity index is 737. The van der Waals surface area contributed by atoms with Gasteiger partial charge < -0.3 is 4.74 Å². The van der Waals surface area contributed by atoms with Crippen molar-refractivity contribution in [1.29, 1.82) is 0 Å². The molecule has 0 aliphatic heterocycles. The van der Waals surface area contributed by atoms with Crippen molar-refractivity contribution in [3.63, 3.8) is 0 Å². The fourth-order valence-electron chi connectivity index (χ4n) is 2.83. The monoisotopic (exact) mass is 319 g/mol. The minimum atomic E-state index is -0.380. The zero-order valence-electron chi connectivity index (χ0n) is 14.0. The molecule has 0 spiro atoms. The van der Waals surface area contributed by atoms with E-state index in [1.54, 1.807) is 4.90 Å². The van der Waals surface area contributed by atoms with Crippen LogP contribution in [0.1, 0.15) is 26.7 Å². The molecule has 0 unspecified atom stereocenters. The molecule has 0 saturated carbocycles. The third-order valence-corrected chi connectivity index (χ3v) is 4.07. The standard InChI is InChI=1S/C21H21NO2/c1-16-13-14-20(17(2)15-16)24-21(23)22(18-9-5-3-6-10-18)19-11-7-4-8-12-19/h3-12,15H,13-14H2,1-2H3. The zero-order chi connectivity index (χ0) is 16.9. The van der Waals surface area contributed by atoms with Crippen molar-refractivity contribution < 1.29 is 9.53 Å². The normalized spacial score (nSPS) is 14.2. The van der Waals surface area contributed by atoms with E-state index in [2.05, 4.69) is 13.0 Å². The second-order valence-electron chi connectivity index (χ2n) is 5.97. The van der Waals surface area contributed by atoms with Crippen LogP contribution >= 0.6 is 0 Å². The predicted molar refractivity (Wildman–Crippen MR) is 97.2 cm³/mol. The molecule has 0 bridgehead atoms. The molecule has 122 valence electrons. The zero-order valence-corrected chi connectivity index (χ0v) is 14.0. The lowest BCUT2D eigenvalue weighted by Gasteiger charge is -2.24. The molecule has 3 heteroatoms. The van der Waals surface area contributed by atoms with Gasteiger partial charge in [-0.3, -0.25) is 0 Å². The molecule has 0 atom stereocenters. The summed E-state index contributed by atoms with van der Waals surface area (Å²) < 4.78 is 5.74. The minimum absolute atomic E-state index is 0.380. The minimum Gasteiger partial charge on any atom is -0.414 e. The number of ether oxygens (including phenoxy) is 1. The summed E-state index contributed by atoms with van der Waals surface area (Å²) in [5, 5.41) is 0. The van der Waals surface area contributed by atoms with E-state index in [0.29, 0.717) is 0 Å². The van der Waals surface area contributed by atoms with Crippen LogP contribution in [0.4, 0.5) is 16.2 Å². The maximum Gasteiger partial charge on any atom is 0.424 e. The Labute approximate surface area is 142 Å². The van der Waals surface area contributed by atoms with Gasteiger partial charge >= 0.3 is 6.09 Å². The topological polar surface area (TPSA) is 29.5 Å². The smallest absolute Gasteiger partial charge is 0.414 e. The summed E-state index contributed by atoms with van der Waals surface area (Å²) in [5.74, 6) is 0.752. The third-order valence-electron chi connectivity index (χ3n) is 4.07. The van der Waals surface area contributed by atoms with Crippen LogP contribution in [-0.4, -0.2) is 6.09 Å². The first kappa shape index (κ1) is 16.1. The second-order valence-corrected chi connectivity index (χ2v) is 5.97. The van der Waals surface area contributed by atoms with Gasteiger partial charge in [0.05, 0.1) is 11.4 Å². The van der Waals surface area contributed by atoms with Crippen molar-refractivity contribution in [3.05, 3.63) is 83.6 Å². The largest absolute Gasteiger partial charge is 0.424 e. The lowest BCUT2D eigenvalue weighted by atomic mass is 10.0. The molecule has 3 nitrogen and oxygen atoms in total. The molecular formula is C21H21NO2. The Morgan fingerprint density at radius 3 is 1.92 bits per heavy atom. The van der Waals surface area contributed by atoms with Crippen molar-refractivity contribution >= 4 is 17.5 Å². The molecule has 0 N–H and O–H groups in total. The SMILES string of the molecule is CC1=CC(C)=C(OC(=O)N(c2ccccc2)c2ccccc2)CC1. The maximum absolute atomic E-state index is 12.9. The Morgan fingerprint density at radius 1 is 0.875 bits per heavy atom. The van der Waals surface area contributed by atoms with Crippen LogP contribution in [0.25, 0.3) is 0 Å². The molecule has 0 aromatic heterocycles. The lowest BCUT2D eigenvalue weighted by molar-refractivity contribution is 0.182. The molecule has 1 aliphatic carbocycles. The van der Waals surface area contributed by atoms with Crippen molar-refractivity contribution in [2.45, 2.75) is 26.7 Å². The van der Waals surface area contributed by atoms with Gasteiger partial charge in [0.1, 0.15) is 5.76 Å². The number of para-hydroxylation sites is 2. The molecule has 3 rings (SSSR count). The lowest BCUT2D eigenvalue weighted by Crippen LogP contribution is -2.27. The van der Waals surface area contributed by atoms with E-state index < -0.39 is 0 Å². The number of hydrogen-bond donors (Lipinski definition) is 0. The Morgan fingerprint density at radius 2 is 1.42 bits per heavy atom. The fourth-order valence-corrected chi connectivity index (χ4v) is 2.83. The van der Waals surface area contributed by atoms with Crippen molar-refractivity contribution in [1.82, 2.24) is 0 Å². The van der Waals surface area contributed by atoms with Gasteiger partial charge in [0.25, 0.3) is 0 Å². The summed E-state index contributed by atoms with van der Waals surface area (Å²) in [4.78, 5) is 14.5. The Balaban J connectivity index is 1.92. The highest BCUT2D eigenvalue weighted by Crippen LogP contribution is 2.29. The maximum atomic E-state index is 12.9. The van der Waals surface area contributed by atoms with Gasteiger partial charge in [-0.25, -0.2) is 9.69 Å². The van der Waals surface area contributed by atoms with Gasteiger partial charge in [-0.15, -0.1) is 0 Å². The summed E-state index contributed by atoms with van der Waals surface area (Å²) in [6.45, 7) is 4.09. The van der Waals surface area contributed by atoms with Crippen molar-refractivity contribution in [3.8, 4) is 0 Å². The van der Waals surface area contributed by atoms with Crippen LogP contribution < -0.4 is 4.90 Å². The number of rotatable bonds is 3. The van der Waals surface area contributed by atoms with Crippen molar-refractivity contribution in [2.75, 3.05) is 4.90 Å². The first-order valence-electron chi connectivity index (χ1n) is 8.14. The van der Waals surface area contributed by atoms with Crippen molar-refractivity contribution in [2.24, 2.45) is 0 Å². The number of benzene rings is 2. The number of anilines is 2. The average Bonchev–Trinajstić information content (AvgIpc) is 2.60. The van der Waals surface area contributed by atoms with E-state index in [1.165, 1.54) is 5.57 Å². The molecule has 2 aromatic rings. The molecule has 0 saturated heterocycles. The summed E-state index contributed by atoms with van der Waals surface area (Å²) in [7, 11) is 0.